The molecule has 2 amide bonds. The number of aryl methyl sites for hydroxylation is 2. The number of unbranched alkanes of at least 4 members (excludes halogenated alkanes) is 2. The van der Waals surface area contributed by atoms with E-state index in [2.05, 4.69) is 26.9 Å². The van der Waals surface area contributed by atoms with Crippen molar-refractivity contribution >= 4 is 41.7 Å². The highest BCUT2D eigenvalue weighted by molar-refractivity contribution is 6.58. The molecule has 226 valence electrons. The summed E-state index contributed by atoms with van der Waals surface area (Å²) in [5, 5.41) is 33.8. The van der Waals surface area contributed by atoms with Gasteiger partial charge in [0.2, 0.25) is 5.91 Å². The molecule has 3 aromatic carbocycles. The van der Waals surface area contributed by atoms with Crippen molar-refractivity contribution in [3.63, 3.8) is 0 Å². The van der Waals surface area contributed by atoms with E-state index in [0.29, 0.717) is 35.3 Å². The highest BCUT2D eigenvalue weighted by Crippen LogP contribution is 2.33. The number of hydrogen-bond acceptors (Lipinski definition) is 7. The Morgan fingerprint density at radius 2 is 1.68 bits per heavy atom. The van der Waals surface area contributed by atoms with Crippen molar-refractivity contribution in [2.75, 3.05) is 13.1 Å². The molecular formula is C32H34BClN6O4. The Balaban J connectivity index is 1.19. The van der Waals surface area contributed by atoms with E-state index in [1.165, 1.54) is 6.07 Å². The first kappa shape index (κ1) is 31.1. The molecule has 2 heterocycles. The minimum atomic E-state index is -1.62. The van der Waals surface area contributed by atoms with Crippen LogP contribution in [0.25, 0.3) is 5.69 Å². The maximum Gasteiger partial charge on any atom is 0.488 e. The van der Waals surface area contributed by atoms with Crippen LogP contribution in [0.5, 0.6) is 0 Å². The zero-order chi connectivity index (χ0) is 31.2. The summed E-state index contributed by atoms with van der Waals surface area (Å²) in [7, 11) is -1.62. The first-order valence-electron chi connectivity index (χ1n) is 14.6. The number of nitrogens with zero attached hydrogens (tertiary/aromatic N) is 4. The number of fused-ring (bicyclic) bond motifs is 3. The van der Waals surface area contributed by atoms with Crippen molar-refractivity contribution in [1.29, 1.82) is 0 Å². The van der Waals surface area contributed by atoms with E-state index in [-0.39, 0.29) is 23.7 Å². The fourth-order valence-electron chi connectivity index (χ4n) is 5.23. The number of benzene rings is 3. The van der Waals surface area contributed by atoms with Gasteiger partial charge in [-0.3, -0.25) is 19.1 Å². The monoisotopic (exact) mass is 612 g/mol. The number of amides is 2. The van der Waals surface area contributed by atoms with Crippen LogP contribution in [-0.2, 0) is 4.79 Å². The summed E-state index contributed by atoms with van der Waals surface area (Å²) in [5.41, 5.74) is 5.23. The van der Waals surface area contributed by atoms with Gasteiger partial charge in [0.15, 0.2) is 5.82 Å². The lowest BCUT2D eigenvalue weighted by Crippen LogP contribution is -2.32. The zero-order valence-electron chi connectivity index (χ0n) is 24.6. The Morgan fingerprint density at radius 1 is 0.932 bits per heavy atom. The summed E-state index contributed by atoms with van der Waals surface area (Å²) in [4.78, 5) is 30.6. The fraction of sp³-hybridized carbons (Fsp3) is 0.281. The third kappa shape index (κ3) is 7.24. The Hall–Kier alpha value is -4.32. The van der Waals surface area contributed by atoms with E-state index in [1.54, 1.807) is 18.2 Å². The van der Waals surface area contributed by atoms with Crippen LogP contribution in [0, 0.1) is 13.8 Å². The number of aliphatic imine (C=N–C) groups is 1. The lowest BCUT2D eigenvalue weighted by molar-refractivity contribution is -0.121. The highest BCUT2D eigenvalue weighted by Gasteiger charge is 2.29. The summed E-state index contributed by atoms with van der Waals surface area (Å²) in [6.45, 7) is 4.89. The van der Waals surface area contributed by atoms with Crippen LogP contribution < -0.4 is 16.1 Å². The minimum Gasteiger partial charge on any atom is -0.423 e. The molecule has 1 atom stereocenters. The molecule has 44 heavy (non-hydrogen) atoms. The van der Waals surface area contributed by atoms with Crippen LogP contribution >= 0.6 is 11.6 Å². The average Bonchev–Trinajstić information content (AvgIpc) is 3.33. The maximum absolute atomic E-state index is 13.1. The van der Waals surface area contributed by atoms with Gasteiger partial charge in [0.05, 0.1) is 17.8 Å². The molecule has 0 fully saturated rings. The summed E-state index contributed by atoms with van der Waals surface area (Å²) in [6.07, 6.45) is 2.40. The van der Waals surface area contributed by atoms with Gasteiger partial charge >= 0.3 is 7.12 Å². The molecule has 4 N–H and O–H groups in total. The van der Waals surface area contributed by atoms with E-state index in [9.17, 15) is 19.6 Å². The third-order valence-electron chi connectivity index (χ3n) is 7.49. The molecule has 0 spiro atoms. The van der Waals surface area contributed by atoms with Crippen molar-refractivity contribution in [1.82, 2.24) is 25.4 Å². The van der Waals surface area contributed by atoms with E-state index in [0.717, 1.165) is 47.4 Å². The molecule has 0 saturated heterocycles. The molecule has 12 heteroatoms. The summed E-state index contributed by atoms with van der Waals surface area (Å²) in [5.74, 6) is 0.918. The predicted octanol–water partition coefficient (Wildman–Crippen LogP) is 3.22. The molecule has 1 aliphatic heterocycles. The Bertz CT molecular complexity index is 1690. The fourth-order valence-corrected chi connectivity index (χ4v) is 5.36. The molecule has 0 aliphatic carbocycles. The number of carbonyl (C=O) groups excluding carboxylic acids is 2. The normalized spacial score (nSPS) is 13.8. The van der Waals surface area contributed by atoms with Gasteiger partial charge in [-0.15, -0.1) is 10.2 Å². The molecule has 5 rings (SSSR count). The lowest BCUT2D eigenvalue weighted by atomic mass is 9.79. The smallest absolute Gasteiger partial charge is 0.423 e. The van der Waals surface area contributed by atoms with Gasteiger partial charge < -0.3 is 20.7 Å². The second-order valence-corrected chi connectivity index (χ2v) is 11.3. The van der Waals surface area contributed by atoms with Gasteiger partial charge in [0.1, 0.15) is 11.9 Å². The molecule has 1 aromatic heterocycles. The van der Waals surface area contributed by atoms with E-state index >= 15 is 0 Å². The molecule has 4 aromatic rings. The van der Waals surface area contributed by atoms with Crippen LogP contribution in [0.2, 0.25) is 5.02 Å². The van der Waals surface area contributed by atoms with Crippen LogP contribution in [0.15, 0.2) is 71.7 Å². The van der Waals surface area contributed by atoms with Crippen molar-refractivity contribution in [3.05, 3.63) is 106 Å². The van der Waals surface area contributed by atoms with Gasteiger partial charge in [-0.2, -0.15) is 0 Å². The molecule has 0 radical (unpaired) electrons. The van der Waals surface area contributed by atoms with E-state index in [1.807, 2.05) is 54.8 Å². The summed E-state index contributed by atoms with van der Waals surface area (Å²) in [6, 6.07) is 19.4. The number of halogens is 1. The molecule has 10 nitrogen and oxygen atoms in total. The number of aromatic nitrogens is 3. The summed E-state index contributed by atoms with van der Waals surface area (Å²) >= 11 is 6.18. The van der Waals surface area contributed by atoms with Gasteiger partial charge in [0.25, 0.3) is 5.91 Å². The van der Waals surface area contributed by atoms with E-state index in [4.69, 9.17) is 16.6 Å². The number of hydrogen-bond donors (Lipinski definition) is 4. The lowest BCUT2D eigenvalue weighted by Gasteiger charge is -2.13. The van der Waals surface area contributed by atoms with E-state index < -0.39 is 13.2 Å². The molecule has 0 bridgehead atoms. The third-order valence-corrected chi connectivity index (χ3v) is 7.74. The van der Waals surface area contributed by atoms with Crippen LogP contribution in [0.4, 0.5) is 0 Å². The van der Waals surface area contributed by atoms with Gasteiger partial charge in [-0.1, -0.05) is 47.5 Å². The topological polar surface area (TPSA) is 142 Å². The standard InChI is InChI=1S/C32H34BClN6O4/c1-20-9-14-28-26(17-20)30(22-10-12-25(34)13-11-22)37-27(31-39-38-21(2)40(28)31)19-29(41)35-15-4-3-5-16-36-32(42)23-7-6-8-24(18-23)33(43)44/h6-14,17-18,27,43-44H,3-5,15-16,19H2,1-2H3,(H,35,41)(H,36,42)/t27-/m0/s1. The quantitative estimate of drug-likeness (QED) is 0.151. The molecular weight excluding hydrogens is 579 g/mol. The van der Waals surface area contributed by atoms with Crippen LogP contribution in [0.1, 0.15) is 70.4 Å². The van der Waals surface area contributed by atoms with Crippen molar-refractivity contribution in [2.45, 2.75) is 45.6 Å². The Morgan fingerprint density at radius 3 is 2.43 bits per heavy atom. The number of nitrogens with one attached hydrogen (secondary N) is 2. The average molecular weight is 613 g/mol. The number of rotatable bonds is 11. The van der Waals surface area contributed by atoms with Gasteiger partial charge in [-0.05, 0) is 75.0 Å². The Kier molecular flexibility index (Phi) is 9.89. The largest absolute Gasteiger partial charge is 0.488 e. The SMILES string of the molecule is Cc1ccc2c(c1)C(c1ccc(Cl)cc1)=N[C@@H](CC(=O)NCCCCCNC(=O)c1cccc(B(O)O)c1)c1nnc(C)n1-2. The van der Waals surface area contributed by atoms with Crippen LogP contribution in [-0.4, -0.2) is 62.5 Å². The van der Waals surface area contributed by atoms with Gasteiger partial charge in [0, 0.05) is 34.8 Å². The second-order valence-electron chi connectivity index (χ2n) is 10.8. The van der Waals surface area contributed by atoms with Crippen molar-refractivity contribution < 1.29 is 19.6 Å². The Labute approximate surface area is 261 Å². The highest BCUT2D eigenvalue weighted by atomic mass is 35.5. The zero-order valence-corrected chi connectivity index (χ0v) is 25.4. The van der Waals surface area contributed by atoms with Crippen LogP contribution in [0.3, 0.4) is 0 Å². The predicted molar refractivity (Wildman–Crippen MR) is 171 cm³/mol. The first-order valence-corrected chi connectivity index (χ1v) is 15.0. The molecule has 0 saturated carbocycles. The van der Waals surface area contributed by atoms with Crippen molar-refractivity contribution in [2.24, 2.45) is 4.99 Å². The van der Waals surface area contributed by atoms with Gasteiger partial charge in [-0.25, -0.2) is 0 Å². The first-order chi connectivity index (χ1) is 21.2. The number of carbonyl (C=O) groups is 2. The molecule has 0 unspecified atom stereocenters. The second kappa shape index (κ2) is 14.0. The molecule has 1 aliphatic rings. The summed E-state index contributed by atoms with van der Waals surface area (Å²) < 4.78 is 1.98. The maximum atomic E-state index is 13.1. The minimum absolute atomic E-state index is 0.111. The van der Waals surface area contributed by atoms with Crippen molar-refractivity contribution in [3.8, 4) is 5.69 Å².